The van der Waals surface area contributed by atoms with Crippen LogP contribution in [0.15, 0.2) is 18.2 Å². The average molecular weight is 278 g/mol. The molecular formula is C15H20ClN3. The van der Waals surface area contributed by atoms with Gasteiger partial charge in [0, 0.05) is 11.6 Å². The summed E-state index contributed by atoms with van der Waals surface area (Å²) < 4.78 is 2.29. The van der Waals surface area contributed by atoms with E-state index < -0.39 is 0 Å². The number of fused-ring (bicyclic) bond motifs is 1. The van der Waals surface area contributed by atoms with E-state index >= 15 is 0 Å². The maximum Gasteiger partial charge on any atom is 0.123 e. The molecule has 3 nitrogen and oxygen atoms in total. The molecule has 1 aliphatic carbocycles. The molecule has 0 unspecified atom stereocenters. The lowest BCUT2D eigenvalue weighted by Gasteiger charge is -2.08. The van der Waals surface area contributed by atoms with Crippen molar-refractivity contribution in [3.63, 3.8) is 0 Å². The number of nitrogens with zero attached hydrogens (tertiary/aromatic N) is 2. The van der Waals surface area contributed by atoms with Gasteiger partial charge in [-0.1, -0.05) is 18.5 Å². The lowest BCUT2D eigenvalue weighted by atomic mass is 10.3. The van der Waals surface area contributed by atoms with Gasteiger partial charge in [0.2, 0.25) is 0 Å². The SMILES string of the molecule is CCCn1c(CNCC2CC2)nc2ccc(Cl)cc21. The number of halogens is 1. The summed E-state index contributed by atoms with van der Waals surface area (Å²) in [4.78, 5) is 4.73. The van der Waals surface area contributed by atoms with Crippen LogP contribution in [0.25, 0.3) is 11.0 Å². The standard InChI is InChI=1S/C15H20ClN3/c1-2-7-19-14-8-12(16)5-6-13(14)18-15(19)10-17-9-11-3-4-11/h5-6,8,11,17H,2-4,7,9-10H2,1H3. The first kappa shape index (κ1) is 12.9. The van der Waals surface area contributed by atoms with Gasteiger partial charge >= 0.3 is 0 Å². The predicted octanol–water partition coefficient (Wildman–Crippen LogP) is 3.60. The molecule has 1 fully saturated rings. The van der Waals surface area contributed by atoms with Crippen LogP contribution in [0.2, 0.25) is 5.02 Å². The molecule has 0 bridgehead atoms. The minimum atomic E-state index is 0.780. The Morgan fingerprint density at radius 1 is 1.42 bits per heavy atom. The van der Waals surface area contributed by atoms with E-state index in [0.717, 1.165) is 53.9 Å². The number of aromatic nitrogens is 2. The van der Waals surface area contributed by atoms with Crippen LogP contribution < -0.4 is 5.32 Å². The Labute approximate surface area is 119 Å². The smallest absolute Gasteiger partial charge is 0.123 e. The molecule has 0 saturated heterocycles. The Balaban J connectivity index is 1.85. The van der Waals surface area contributed by atoms with Gasteiger partial charge in [0.1, 0.15) is 5.82 Å². The third kappa shape index (κ3) is 2.93. The number of nitrogens with one attached hydrogen (secondary N) is 1. The summed E-state index contributed by atoms with van der Waals surface area (Å²) in [7, 11) is 0. The van der Waals surface area contributed by atoms with Crippen molar-refractivity contribution in [2.24, 2.45) is 5.92 Å². The van der Waals surface area contributed by atoms with Gasteiger partial charge in [-0.25, -0.2) is 4.98 Å². The number of rotatable bonds is 6. The second-order valence-electron chi connectivity index (χ2n) is 5.39. The van der Waals surface area contributed by atoms with Crippen molar-refractivity contribution < 1.29 is 0 Å². The maximum absolute atomic E-state index is 6.10. The Hall–Kier alpha value is -1.06. The molecular weight excluding hydrogens is 258 g/mol. The molecule has 1 aromatic heterocycles. The van der Waals surface area contributed by atoms with Crippen LogP contribution in [0.1, 0.15) is 32.0 Å². The zero-order valence-electron chi connectivity index (χ0n) is 11.3. The first-order chi connectivity index (χ1) is 9.28. The van der Waals surface area contributed by atoms with Crippen LogP contribution in [0.5, 0.6) is 0 Å². The highest BCUT2D eigenvalue weighted by Gasteiger charge is 2.20. The molecule has 4 heteroatoms. The molecule has 3 rings (SSSR count). The highest BCUT2D eigenvalue weighted by molar-refractivity contribution is 6.31. The minimum absolute atomic E-state index is 0.780. The fourth-order valence-electron chi connectivity index (χ4n) is 2.46. The summed E-state index contributed by atoms with van der Waals surface area (Å²) in [6, 6.07) is 5.94. The fraction of sp³-hybridized carbons (Fsp3) is 0.533. The van der Waals surface area contributed by atoms with Crippen molar-refractivity contribution >= 4 is 22.6 Å². The summed E-state index contributed by atoms with van der Waals surface area (Å²) in [6.07, 6.45) is 3.87. The van der Waals surface area contributed by atoms with E-state index in [1.807, 2.05) is 18.2 Å². The summed E-state index contributed by atoms with van der Waals surface area (Å²) in [6.45, 7) is 5.16. The van der Waals surface area contributed by atoms with Crippen molar-refractivity contribution in [3.8, 4) is 0 Å². The molecule has 0 spiro atoms. The monoisotopic (exact) mass is 277 g/mol. The number of benzene rings is 1. The lowest BCUT2D eigenvalue weighted by Crippen LogP contribution is -2.19. The maximum atomic E-state index is 6.10. The number of hydrogen-bond donors (Lipinski definition) is 1. The van der Waals surface area contributed by atoms with E-state index in [2.05, 4.69) is 16.8 Å². The van der Waals surface area contributed by atoms with E-state index in [1.165, 1.54) is 12.8 Å². The highest BCUT2D eigenvalue weighted by atomic mass is 35.5. The Bertz CT molecular complexity index is 572. The van der Waals surface area contributed by atoms with E-state index in [4.69, 9.17) is 16.6 Å². The van der Waals surface area contributed by atoms with Gasteiger partial charge in [-0.15, -0.1) is 0 Å². The van der Waals surface area contributed by atoms with Gasteiger partial charge in [-0.3, -0.25) is 0 Å². The Morgan fingerprint density at radius 3 is 3.00 bits per heavy atom. The third-order valence-corrected chi connectivity index (χ3v) is 3.88. The summed E-state index contributed by atoms with van der Waals surface area (Å²) >= 11 is 6.10. The summed E-state index contributed by atoms with van der Waals surface area (Å²) in [5, 5.41) is 4.30. The fourth-order valence-corrected chi connectivity index (χ4v) is 2.63. The molecule has 1 aliphatic rings. The number of aryl methyl sites for hydroxylation is 1. The summed E-state index contributed by atoms with van der Waals surface area (Å²) in [5.41, 5.74) is 2.19. The topological polar surface area (TPSA) is 29.9 Å². The second kappa shape index (κ2) is 5.51. The van der Waals surface area contributed by atoms with E-state index in [1.54, 1.807) is 0 Å². The van der Waals surface area contributed by atoms with Crippen molar-refractivity contribution in [3.05, 3.63) is 29.0 Å². The molecule has 0 aliphatic heterocycles. The van der Waals surface area contributed by atoms with Crippen LogP contribution in [0, 0.1) is 5.92 Å². The van der Waals surface area contributed by atoms with Crippen molar-refractivity contribution in [1.29, 1.82) is 0 Å². The van der Waals surface area contributed by atoms with Gasteiger partial charge in [0.15, 0.2) is 0 Å². The zero-order chi connectivity index (χ0) is 13.2. The van der Waals surface area contributed by atoms with E-state index in [-0.39, 0.29) is 0 Å². The molecule has 1 heterocycles. The Kier molecular flexibility index (Phi) is 3.76. The molecule has 0 amide bonds. The van der Waals surface area contributed by atoms with Crippen LogP contribution >= 0.6 is 11.6 Å². The number of imidazole rings is 1. The van der Waals surface area contributed by atoms with Crippen LogP contribution in [-0.4, -0.2) is 16.1 Å². The minimum Gasteiger partial charge on any atom is -0.327 e. The molecule has 102 valence electrons. The van der Waals surface area contributed by atoms with Crippen molar-refractivity contribution in [2.45, 2.75) is 39.3 Å². The molecule has 1 saturated carbocycles. The molecule has 1 aromatic carbocycles. The van der Waals surface area contributed by atoms with Gasteiger partial charge < -0.3 is 9.88 Å². The largest absolute Gasteiger partial charge is 0.327 e. The summed E-state index contributed by atoms with van der Waals surface area (Å²) in [5.74, 6) is 2.03. The van der Waals surface area contributed by atoms with Crippen molar-refractivity contribution in [1.82, 2.24) is 14.9 Å². The predicted molar refractivity (Wildman–Crippen MR) is 79.5 cm³/mol. The van der Waals surface area contributed by atoms with Gasteiger partial charge in [-0.05, 0) is 49.9 Å². The van der Waals surface area contributed by atoms with Crippen LogP contribution in [-0.2, 0) is 13.1 Å². The highest BCUT2D eigenvalue weighted by Crippen LogP contribution is 2.27. The first-order valence-electron chi connectivity index (χ1n) is 7.13. The number of hydrogen-bond acceptors (Lipinski definition) is 2. The van der Waals surface area contributed by atoms with E-state index in [0.29, 0.717) is 0 Å². The average Bonchev–Trinajstić information content (AvgIpc) is 3.15. The van der Waals surface area contributed by atoms with Crippen LogP contribution in [0.4, 0.5) is 0 Å². The van der Waals surface area contributed by atoms with Crippen molar-refractivity contribution in [2.75, 3.05) is 6.54 Å². The van der Waals surface area contributed by atoms with Gasteiger partial charge in [0.05, 0.1) is 17.6 Å². The molecule has 19 heavy (non-hydrogen) atoms. The van der Waals surface area contributed by atoms with Gasteiger partial charge in [-0.2, -0.15) is 0 Å². The van der Waals surface area contributed by atoms with Crippen LogP contribution in [0.3, 0.4) is 0 Å². The first-order valence-corrected chi connectivity index (χ1v) is 7.51. The molecule has 2 aromatic rings. The third-order valence-electron chi connectivity index (χ3n) is 3.65. The molecule has 0 radical (unpaired) electrons. The lowest BCUT2D eigenvalue weighted by molar-refractivity contribution is 0.579. The molecule has 0 atom stereocenters. The van der Waals surface area contributed by atoms with Gasteiger partial charge in [0.25, 0.3) is 0 Å². The molecule has 1 N–H and O–H groups in total. The Morgan fingerprint density at radius 2 is 2.26 bits per heavy atom. The zero-order valence-corrected chi connectivity index (χ0v) is 12.1. The quantitative estimate of drug-likeness (QED) is 0.874. The van der Waals surface area contributed by atoms with E-state index in [9.17, 15) is 0 Å². The normalized spacial score (nSPS) is 15.3. The second-order valence-corrected chi connectivity index (χ2v) is 5.82.